The Morgan fingerprint density at radius 1 is 0.902 bits per heavy atom. The van der Waals surface area contributed by atoms with Crippen molar-refractivity contribution in [1.82, 2.24) is 34.9 Å². The monoisotopic (exact) mass is 692 g/mol. The second-order valence-corrected chi connectivity index (χ2v) is 12.0. The molecule has 51 heavy (non-hydrogen) atoms. The lowest BCUT2D eigenvalue weighted by atomic mass is 10.0. The predicted octanol–water partition coefficient (Wildman–Crippen LogP) is 5.49. The highest BCUT2D eigenvalue weighted by atomic mass is 19.1. The van der Waals surface area contributed by atoms with Crippen LogP contribution in [0.15, 0.2) is 90.0 Å². The molecule has 3 aromatic carbocycles. The lowest BCUT2D eigenvalue weighted by molar-refractivity contribution is 0.0624. The number of amides is 1. The van der Waals surface area contributed by atoms with E-state index in [2.05, 4.69) is 35.4 Å². The molecule has 0 saturated carbocycles. The summed E-state index contributed by atoms with van der Waals surface area (Å²) >= 11 is 0. The Labute approximate surface area is 289 Å². The molecular formula is C37H31F3N8O3. The van der Waals surface area contributed by atoms with Gasteiger partial charge in [-0.15, -0.1) is 0 Å². The summed E-state index contributed by atoms with van der Waals surface area (Å²) in [5, 5.41) is 10.9. The molecule has 258 valence electrons. The van der Waals surface area contributed by atoms with E-state index in [1.807, 2.05) is 24.3 Å². The number of carbonyl (C=O) groups is 1. The normalized spacial score (nSPS) is 13.4. The van der Waals surface area contributed by atoms with Crippen LogP contribution in [0.5, 0.6) is 5.75 Å². The van der Waals surface area contributed by atoms with E-state index >= 15 is 0 Å². The Balaban J connectivity index is 0.986. The molecule has 4 heterocycles. The van der Waals surface area contributed by atoms with Crippen LogP contribution in [0.4, 0.5) is 24.9 Å². The highest BCUT2D eigenvalue weighted by molar-refractivity contribution is 5.95. The standard InChI is InChI=1S/C37H31F3N8O3/c1-51-32-19-24(38)7-8-27(32)34-30(40)20-42-37(44-34)43-33-18-23(10-11-41-33)21-47-12-14-48(15-13-47)36(50)28-16-22(6-9-29(28)39)17-31-25-4-2-3-5-26(25)35(49)46-45-31/h2-11,16,18-20H,12-15,17,21H2,1H3,(H,46,49)(H,41,42,43,44). The highest BCUT2D eigenvalue weighted by Crippen LogP contribution is 2.32. The van der Waals surface area contributed by atoms with Crippen molar-refractivity contribution in [3.8, 4) is 17.0 Å². The van der Waals surface area contributed by atoms with Gasteiger partial charge >= 0.3 is 0 Å². The van der Waals surface area contributed by atoms with E-state index in [0.717, 1.165) is 17.8 Å². The van der Waals surface area contributed by atoms with Crippen LogP contribution in [0.3, 0.4) is 0 Å². The number of nitrogens with one attached hydrogen (secondary N) is 2. The zero-order valence-corrected chi connectivity index (χ0v) is 27.4. The number of hydrogen-bond acceptors (Lipinski definition) is 9. The summed E-state index contributed by atoms with van der Waals surface area (Å²) in [5.41, 5.74) is 2.17. The molecule has 0 bridgehead atoms. The van der Waals surface area contributed by atoms with Gasteiger partial charge in [-0.25, -0.2) is 33.2 Å². The van der Waals surface area contributed by atoms with E-state index in [9.17, 15) is 22.8 Å². The quantitative estimate of drug-likeness (QED) is 0.202. The van der Waals surface area contributed by atoms with Crippen molar-refractivity contribution in [1.29, 1.82) is 0 Å². The molecule has 6 aromatic rings. The van der Waals surface area contributed by atoms with Gasteiger partial charge in [0.1, 0.15) is 28.9 Å². The number of pyridine rings is 1. The third kappa shape index (κ3) is 7.26. The highest BCUT2D eigenvalue weighted by Gasteiger charge is 2.25. The van der Waals surface area contributed by atoms with Crippen molar-refractivity contribution in [3.63, 3.8) is 0 Å². The summed E-state index contributed by atoms with van der Waals surface area (Å²) in [6.45, 7) is 2.50. The molecule has 1 fully saturated rings. The molecule has 0 atom stereocenters. The van der Waals surface area contributed by atoms with Gasteiger partial charge in [0.25, 0.3) is 11.5 Å². The Kier molecular flexibility index (Phi) is 9.40. The van der Waals surface area contributed by atoms with Gasteiger partial charge < -0.3 is 15.0 Å². The second-order valence-electron chi connectivity index (χ2n) is 12.0. The molecule has 0 aliphatic carbocycles. The van der Waals surface area contributed by atoms with Crippen molar-refractivity contribution >= 4 is 28.4 Å². The minimum absolute atomic E-state index is 0.0106. The van der Waals surface area contributed by atoms with Crippen LogP contribution in [0.25, 0.3) is 22.0 Å². The fourth-order valence-corrected chi connectivity index (χ4v) is 6.12. The Morgan fingerprint density at radius 2 is 1.71 bits per heavy atom. The fraction of sp³-hybridized carbons (Fsp3) is 0.189. The summed E-state index contributed by atoms with van der Waals surface area (Å²) < 4.78 is 48.6. The van der Waals surface area contributed by atoms with Crippen LogP contribution >= 0.6 is 0 Å². The number of ether oxygens (including phenoxy) is 1. The van der Waals surface area contributed by atoms with E-state index < -0.39 is 17.5 Å². The van der Waals surface area contributed by atoms with Crippen LogP contribution in [-0.2, 0) is 13.0 Å². The van der Waals surface area contributed by atoms with Gasteiger partial charge in [-0.2, -0.15) is 5.10 Å². The first-order valence-corrected chi connectivity index (χ1v) is 16.1. The number of halogens is 3. The molecule has 1 saturated heterocycles. The third-order valence-electron chi connectivity index (χ3n) is 8.70. The first-order chi connectivity index (χ1) is 24.7. The van der Waals surface area contributed by atoms with Crippen LogP contribution < -0.4 is 15.6 Å². The number of aromatic amines is 1. The van der Waals surface area contributed by atoms with Crippen LogP contribution in [0.2, 0.25) is 0 Å². The van der Waals surface area contributed by atoms with Gasteiger partial charge in [0, 0.05) is 62.4 Å². The van der Waals surface area contributed by atoms with Gasteiger partial charge in [-0.05, 0) is 53.6 Å². The smallest absolute Gasteiger partial charge is 0.272 e. The van der Waals surface area contributed by atoms with Crippen molar-refractivity contribution in [2.24, 2.45) is 0 Å². The Morgan fingerprint density at radius 3 is 2.51 bits per heavy atom. The average Bonchev–Trinajstić information content (AvgIpc) is 3.14. The molecule has 3 aromatic heterocycles. The van der Waals surface area contributed by atoms with E-state index in [-0.39, 0.29) is 40.0 Å². The Hall–Kier alpha value is -6.15. The number of H-pyrrole nitrogens is 1. The van der Waals surface area contributed by atoms with Gasteiger partial charge in [0.15, 0.2) is 5.82 Å². The molecule has 14 heteroatoms. The van der Waals surface area contributed by atoms with E-state index in [1.54, 1.807) is 35.4 Å². The molecule has 11 nitrogen and oxygen atoms in total. The molecule has 7 rings (SSSR count). The zero-order chi connectivity index (χ0) is 35.5. The van der Waals surface area contributed by atoms with Crippen molar-refractivity contribution in [2.45, 2.75) is 13.0 Å². The van der Waals surface area contributed by atoms with Crippen molar-refractivity contribution in [3.05, 3.63) is 135 Å². The van der Waals surface area contributed by atoms with E-state index in [1.165, 1.54) is 25.3 Å². The number of aromatic nitrogens is 5. The molecule has 0 radical (unpaired) electrons. The van der Waals surface area contributed by atoms with Crippen LogP contribution in [-0.4, -0.2) is 74.1 Å². The SMILES string of the molecule is COc1cc(F)ccc1-c1nc(Nc2cc(CN3CCN(C(=O)c4cc(Cc5n[nH]c(=O)c6ccccc56)ccc4F)CC3)ccn2)ncc1F. The molecule has 1 aliphatic rings. The van der Waals surface area contributed by atoms with Crippen LogP contribution in [0, 0.1) is 17.5 Å². The third-order valence-corrected chi connectivity index (χ3v) is 8.70. The number of benzene rings is 3. The predicted molar refractivity (Wildman–Crippen MR) is 184 cm³/mol. The van der Waals surface area contributed by atoms with E-state index in [4.69, 9.17) is 4.74 Å². The molecule has 1 aliphatic heterocycles. The maximum absolute atomic E-state index is 15.0. The molecule has 0 unspecified atom stereocenters. The minimum atomic E-state index is -0.697. The summed E-state index contributed by atoms with van der Waals surface area (Å²) in [5.74, 6) is -1.55. The van der Waals surface area contributed by atoms with Gasteiger partial charge in [-0.1, -0.05) is 24.3 Å². The largest absolute Gasteiger partial charge is 0.496 e. The molecule has 1 amide bonds. The van der Waals surface area contributed by atoms with Gasteiger partial charge in [-0.3, -0.25) is 14.5 Å². The van der Waals surface area contributed by atoms with Crippen molar-refractivity contribution in [2.75, 3.05) is 38.6 Å². The molecule has 2 N–H and O–H groups in total. The zero-order valence-electron chi connectivity index (χ0n) is 27.4. The van der Waals surface area contributed by atoms with Gasteiger partial charge in [0.2, 0.25) is 5.95 Å². The number of carbonyl (C=O) groups excluding carboxylic acids is 1. The number of hydrogen-bond donors (Lipinski definition) is 2. The van der Waals surface area contributed by atoms with Gasteiger partial charge in [0.05, 0.1) is 30.0 Å². The number of methoxy groups -OCH3 is 1. The fourth-order valence-electron chi connectivity index (χ4n) is 6.12. The Bertz CT molecular complexity index is 2310. The summed E-state index contributed by atoms with van der Waals surface area (Å²) in [6, 6.07) is 19.0. The first kappa shape index (κ1) is 33.4. The van der Waals surface area contributed by atoms with Crippen molar-refractivity contribution < 1.29 is 22.7 Å². The average molecular weight is 693 g/mol. The maximum atomic E-state index is 15.0. The summed E-state index contributed by atoms with van der Waals surface area (Å²) in [6.07, 6.45) is 2.96. The first-order valence-electron chi connectivity index (χ1n) is 16.1. The molecular weight excluding hydrogens is 661 g/mol. The number of fused-ring (bicyclic) bond motifs is 1. The maximum Gasteiger partial charge on any atom is 0.272 e. The summed E-state index contributed by atoms with van der Waals surface area (Å²) in [4.78, 5) is 42.2. The number of rotatable bonds is 9. The number of anilines is 2. The number of nitrogens with zero attached hydrogens (tertiary/aromatic N) is 6. The number of piperazine rings is 1. The topological polar surface area (TPSA) is 129 Å². The van der Waals surface area contributed by atoms with E-state index in [0.29, 0.717) is 67.0 Å². The lowest BCUT2D eigenvalue weighted by Crippen LogP contribution is -2.48. The van der Waals surface area contributed by atoms with Crippen LogP contribution in [0.1, 0.15) is 27.2 Å². The second kappa shape index (κ2) is 14.4. The molecule has 0 spiro atoms. The lowest BCUT2D eigenvalue weighted by Gasteiger charge is -2.35. The minimum Gasteiger partial charge on any atom is -0.496 e. The summed E-state index contributed by atoms with van der Waals surface area (Å²) in [7, 11) is 1.36.